The Kier molecular flexibility index (Phi) is 4.22. The van der Waals surface area contributed by atoms with E-state index in [2.05, 4.69) is 32.3 Å². The molecule has 3 aromatic rings. The number of carbonyl (C=O) groups is 1. The Morgan fingerprint density at radius 2 is 2.09 bits per heavy atom. The van der Waals surface area contributed by atoms with Crippen LogP contribution in [0.4, 0.5) is 0 Å². The summed E-state index contributed by atoms with van der Waals surface area (Å²) in [5, 5.41) is 3.79. The molecule has 3 aromatic heterocycles. The second-order valence-electron chi connectivity index (χ2n) is 5.39. The van der Waals surface area contributed by atoms with Crippen LogP contribution in [0.1, 0.15) is 20.2 Å². The molecule has 0 aliphatic heterocycles. The van der Waals surface area contributed by atoms with Crippen molar-refractivity contribution in [1.82, 2.24) is 20.2 Å². The van der Waals surface area contributed by atoms with E-state index < -0.39 is 0 Å². The molecular formula is C16H18N4OS. The summed E-state index contributed by atoms with van der Waals surface area (Å²) in [4.78, 5) is 24.2. The van der Waals surface area contributed by atoms with Crippen molar-refractivity contribution >= 4 is 28.1 Å². The van der Waals surface area contributed by atoms with Crippen LogP contribution in [0.5, 0.6) is 0 Å². The second-order valence-corrected chi connectivity index (χ2v) is 6.64. The number of nitrogens with zero attached hydrogens (tertiary/aromatic N) is 2. The Balaban J connectivity index is 1.67. The molecular weight excluding hydrogens is 296 g/mol. The molecule has 0 saturated carbocycles. The Morgan fingerprint density at radius 1 is 1.27 bits per heavy atom. The number of nitrogens with one attached hydrogen (secondary N) is 2. The van der Waals surface area contributed by atoms with E-state index in [9.17, 15) is 4.79 Å². The molecule has 3 heterocycles. The van der Waals surface area contributed by atoms with Crippen molar-refractivity contribution in [3.63, 3.8) is 0 Å². The fourth-order valence-electron chi connectivity index (χ4n) is 2.33. The monoisotopic (exact) mass is 314 g/mol. The lowest BCUT2D eigenvalue weighted by molar-refractivity contribution is 0.0948. The van der Waals surface area contributed by atoms with Gasteiger partial charge in [-0.2, -0.15) is 0 Å². The number of thiophene rings is 1. The van der Waals surface area contributed by atoms with Gasteiger partial charge in [-0.1, -0.05) is 0 Å². The van der Waals surface area contributed by atoms with Gasteiger partial charge in [-0.05, 0) is 38.4 Å². The summed E-state index contributed by atoms with van der Waals surface area (Å²) < 4.78 is 0. The molecule has 0 unspecified atom stereocenters. The van der Waals surface area contributed by atoms with Gasteiger partial charge in [0.1, 0.15) is 5.69 Å². The first kappa shape index (κ1) is 14.7. The summed E-state index contributed by atoms with van der Waals surface area (Å²) in [7, 11) is 4.09. The Morgan fingerprint density at radius 3 is 2.91 bits per heavy atom. The number of aromatic amines is 1. The molecule has 0 aliphatic rings. The summed E-state index contributed by atoms with van der Waals surface area (Å²) in [5.41, 5.74) is 1.38. The zero-order chi connectivity index (χ0) is 15.5. The molecule has 0 radical (unpaired) electrons. The van der Waals surface area contributed by atoms with Gasteiger partial charge in [-0.15, -0.1) is 11.3 Å². The van der Waals surface area contributed by atoms with Gasteiger partial charge < -0.3 is 15.2 Å². The van der Waals surface area contributed by atoms with E-state index in [-0.39, 0.29) is 5.91 Å². The maximum Gasteiger partial charge on any atom is 0.270 e. The highest BCUT2D eigenvalue weighted by molar-refractivity contribution is 7.11. The molecule has 2 N–H and O–H groups in total. The van der Waals surface area contributed by atoms with Crippen LogP contribution in [0, 0.1) is 0 Å². The highest BCUT2D eigenvalue weighted by atomic mass is 32.1. The first-order valence-corrected chi connectivity index (χ1v) is 7.88. The Hall–Kier alpha value is -2.18. The molecule has 22 heavy (non-hydrogen) atoms. The van der Waals surface area contributed by atoms with Crippen LogP contribution in [0.15, 0.2) is 36.7 Å². The van der Waals surface area contributed by atoms with Gasteiger partial charge in [0.2, 0.25) is 0 Å². The van der Waals surface area contributed by atoms with Crippen LogP contribution in [-0.2, 0) is 13.1 Å². The number of H-pyrrole nitrogens is 1. The van der Waals surface area contributed by atoms with Crippen molar-refractivity contribution in [3.05, 3.63) is 52.1 Å². The van der Waals surface area contributed by atoms with Gasteiger partial charge in [-0.25, -0.2) is 0 Å². The maximum absolute atomic E-state index is 12.3. The van der Waals surface area contributed by atoms with Gasteiger partial charge >= 0.3 is 0 Å². The normalized spacial score (nSPS) is 11.2. The number of pyridine rings is 1. The van der Waals surface area contributed by atoms with E-state index in [4.69, 9.17) is 0 Å². The van der Waals surface area contributed by atoms with Crippen molar-refractivity contribution in [3.8, 4) is 0 Å². The van der Waals surface area contributed by atoms with Crippen LogP contribution in [0.25, 0.3) is 10.9 Å². The summed E-state index contributed by atoms with van der Waals surface area (Å²) in [6.07, 6.45) is 3.46. The molecule has 0 saturated heterocycles. The van der Waals surface area contributed by atoms with E-state index in [1.54, 1.807) is 17.5 Å². The van der Waals surface area contributed by atoms with Crippen molar-refractivity contribution in [2.24, 2.45) is 0 Å². The number of aromatic nitrogens is 2. The second kappa shape index (κ2) is 6.29. The first-order valence-electron chi connectivity index (χ1n) is 7.06. The minimum atomic E-state index is -0.146. The summed E-state index contributed by atoms with van der Waals surface area (Å²) in [5.74, 6) is -0.146. The lowest BCUT2D eigenvalue weighted by atomic mass is 10.2. The van der Waals surface area contributed by atoms with Crippen LogP contribution in [0.2, 0.25) is 0 Å². The maximum atomic E-state index is 12.3. The predicted octanol–water partition coefficient (Wildman–Crippen LogP) is 2.62. The number of carbonyl (C=O) groups excluding carboxylic acids is 1. The molecule has 0 aliphatic carbocycles. The molecule has 0 fully saturated rings. The van der Waals surface area contributed by atoms with E-state index in [0.717, 1.165) is 22.3 Å². The van der Waals surface area contributed by atoms with Crippen molar-refractivity contribution in [2.45, 2.75) is 13.1 Å². The molecule has 0 atom stereocenters. The smallest absolute Gasteiger partial charge is 0.270 e. The SMILES string of the molecule is CN(C)Cc1ccc(CNC(=O)c2nccc3[nH]ccc23)s1. The zero-order valence-electron chi connectivity index (χ0n) is 12.6. The zero-order valence-corrected chi connectivity index (χ0v) is 13.4. The quantitative estimate of drug-likeness (QED) is 0.761. The number of amides is 1. The molecule has 6 heteroatoms. The minimum Gasteiger partial charge on any atom is -0.361 e. The standard InChI is InChI=1S/C16H18N4OS/c1-20(2)10-12-4-3-11(22-12)9-19-16(21)15-13-5-7-17-14(13)6-8-18-15/h3-8,17H,9-10H2,1-2H3,(H,19,21). The summed E-state index contributed by atoms with van der Waals surface area (Å²) >= 11 is 1.72. The van der Waals surface area contributed by atoms with E-state index in [1.807, 2.05) is 32.4 Å². The average molecular weight is 314 g/mol. The number of fused-ring (bicyclic) bond motifs is 1. The van der Waals surface area contributed by atoms with E-state index >= 15 is 0 Å². The van der Waals surface area contributed by atoms with Gasteiger partial charge in [0.25, 0.3) is 5.91 Å². The van der Waals surface area contributed by atoms with Crippen LogP contribution >= 0.6 is 11.3 Å². The van der Waals surface area contributed by atoms with Gasteiger partial charge in [-0.3, -0.25) is 9.78 Å². The third-order valence-corrected chi connectivity index (χ3v) is 4.38. The third-order valence-electron chi connectivity index (χ3n) is 3.31. The lowest BCUT2D eigenvalue weighted by Crippen LogP contribution is -2.23. The topological polar surface area (TPSA) is 61.0 Å². The van der Waals surface area contributed by atoms with Crippen LogP contribution in [0.3, 0.4) is 0 Å². The molecule has 114 valence electrons. The number of hydrogen-bond acceptors (Lipinski definition) is 4. The first-order chi connectivity index (χ1) is 10.6. The predicted molar refractivity (Wildman–Crippen MR) is 89.0 cm³/mol. The molecule has 0 spiro atoms. The van der Waals surface area contributed by atoms with E-state index in [1.165, 1.54) is 4.88 Å². The highest BCUT2D eigenvalue weighted by Gasteiger charge is 2.12. The highest BCUT2D eigenvalue weighted by Crippen LogP contribution is 2.18. The molecule has 3 rings (SSSR count). The van der Waals surface area contributed by atoms with Crippen molar-refractivity contribution in [2.75, 3.05) is 14.1 Å². The van der Waals surface area contributed by atoms with Gasteiger partial charge in [0.05, 0.1) is 6.54 Å². The van der Waals surface area contributed by atoms with Crippen LogP contribution in [-0.4, -0.2) is 34.9 Å². The Bertz CT molecular complexity index is 790. The third kappa shape index (κ3) is 3.18. The summed E-state index contributed by atoms with van der Waals surface area (Å²) in [6.45, 7) is 1.45. The lowest BCUT2D eigenvalue weighted by Gasteiger charge is -2.06. The fraction of sp³-hybridized carbons (Fsp3) is 0.250. The summed E-state index contributed by atoms with van der Waals surface area (Å²) in [6, 6.07) is 7.90. The molecule has 0 bridgehead atoms. The Labute approximate surface area is 133 Å². The van der Waals surface area contributed by atoms with Crippen molar-refractivity contribution in [1.29, 1.82) is 0 Å². The fourth-order valence-corrected chi connectivity index (χ4v) is 3.40. The van der Waals surface area contributed by atoms with Crippen LogP contribution < -0.4 is 5.32 Å². The van der Waals surface area contributed by atoms with Crippen molar-refractivity contribution < 1.29 is 4.79 Å². The van der Waals surface area contributed by atoms with E-state index in [0.29, 0.717) is 12.2 Å². The number of rotatable bonds is 5. The minimum absolute atomic E-state index is 0.146. The molecule has 5 nitrogen and oxygen atoms in total. The average Bonchev–Trinajstić information content (AvgIpc) is 3.12. The van der Waals surface area contributed by atoms with Gasteiger partial charge in [0.15, 0.2) is 0 Å². The largest absolute Gasteiger partial charge is 0.361 e. The van der Waals surface area contributed by atoms with Gasteiger partial charge in [0, 0.05) is 39.6 Å². The molecule has 0 aromatic carbocycles. The number of hydrogen-bond donors (Lipinski definition) is 2. The molecule has 1 amide bonds.